The topological polar surface area (TPSA) is 98.3 Å². The Morgan fingerprint density at radius 1 is 1.53 bits per heavy atom. The highest BCUT2D eigenvalue weighted by Gasteiger charge is 2.15. The number of nitrogens with one attached hydrogen (secondary N) is 1. The van der Waals surface area contributed by atoms with Gasteiger partial charge in [0, 0.05) is 25.2 Å². The van der Waals surface area contributed by atoms with E-state index in [0.29, 0.717) is 12.1 Å². The van der Waals surface area contributed by atoms with Crippen molar-refractivity contribution in [2.45, 2.75) is 26.3 Å². The Labute approximate surface area is 112 Å². The molecule has 1 aromatic rings. The van der Waals surface area contributed by atoms with E-state index in [-0.39, 0.29) is 24.1 Å². The van der Waals surface area contributed by atoms with Gasteiger partial charge in [0.2, 0.25) is 5.91 Å². The number of hydrogen-bond acceptors (Lipinski definition) is 4. The molecule has 6 nitrogen and oxygen atoms in total. The normalized spacial score (nSPS) is 11.9. The molecule has 1 atom stereocenters. The molecule has 0 bridgehead atoms. The number of nitrogens with zero attached hydrogens (tertiary/aromatic N) is 1. The van der Waals surface area contributed by atoms with E-state index in [1.165, 1.54) is 12.1 Å². The second kappa shape index (κ2) is 7.48. The SMILES string of the molecule is CCCC(CN)C(=O)NCc1cccc([N+](=O)[O-])c1. The highest BCUT2D eigenvalue weighted by atomic mass is 16.6. The Balaban J connectivity index is 2.58. The van der Waals surface area contributed by atoms with Crippen molar-refractivity contribution < 1.29 is 9.72 Å². The fraction of sp³-hybridized carbons (Fsp3) is 0.462. The number of amides is 1. The molecule has 1 unspecified atom stereocenters. The average molecular weight is 265 g/mol. The van der Waals surface area contributed by atoms with Gasteiger partial charge in [0.1, 0.15) is 0 Å². The molecule has 104 valence electrons. The van der Waals surface area contributed by atoms with Gasteiger partial charge in [0.15, 0.2) is 0 Å². The minimum atomic E-state index is -0.453. The zero-order valence-corrected chi connectivity index (χ0v) is 11.0. The predicted molar refractivity (Wildman–Crippen MR) is 72.4 cm³/mol. The fourth-order valence-electron chi connectivity index (χ4n) is 1.82. The average Bonchev–Trinajstić information content (AvgIpc) is 2.42. The van der Waals surface area contributed by atoms with Crippen molar-refractivity contribution in [3.8, 4) is 0 Å². The quantitative estimate of drug-likeness (QED) is 0.577. The van der Waals surface area contributed by atoms with Gasteiger partial charge in [0.05, 0.1) is 10.8 Å². The van der Waals surface area contributed by atoms with Crippen LogP contribution in [0.25, 0.3) is 0 Å². The van der Waals surface area contributed by atoms with Gasteiger partial charge < -0.3 is 11.1 Å². The van der Waals surface area contributed by atoms with Crippen LogP contribution in [0.2, 0.25) is 0 Å². The molecule has 1 rings (SSSR count). The number of nitrogens with two attached hydrogens (primary N) is 1. The Morgan fingerprint density at radius 2 is 2.26 bits per heavy atom. The van der Waals surface area contributed by atoms with Crippen molar-refractivity contribution in [1.29, 1.82) is 0 Å². The second-order valence-corrected chi connectivity index (χ2v) is 4.37. The summed E-state index contributed by atoms with van der Waals surface area (Å²) in [5.41, 5.74) is 6.27. The summed E-state index contributed by atoms with van der Waals surface area (Å²) in [5.74, 6) is -0.292. The maximum atomic E-state index is 11.8. The van der Waals surface area contributed by atoms with Crippen molar-refractivity contribution in [2.24, 2.45) is 11.7 Å². The lowest BCUT2D eigenvalue weighted by atomic mass is 10.0. The van der Waals surface area contributed by atoms with Gasteiger partial charge in [-0.05, 0) is 12.0 Å². The Kier molecular flexibility index (Phi) is 5.95. The number of rotatable bonds is 7. The number of nitro benzene ring substituents is 1. The van der Waals surface area contributed by atoms with Gasteiger partial charge in [-0.2, -0.15) is 0 Å². The third-order valence-electron chi connectivity index (χ3n) is 2.88. The molecule has 0 saturated carbocycles. The Bertz CT molecular complexity index is 449. The Hall–Kier alpha value is -1.95. The van der Waals surface area contributed by atoms with E-state index in [9.17, 15) is 14.9 Å². The van der Waals surface area contributed by atoms with Crippen LogP contribution in [0.5, 0.6) is 0 Å². The molecule has 0 aromatic heterocycles. The first-order valence-corrected chi connectivity index (χ1v) is 6.29. The molecule has 0 heterocycles. The first-order valence-electron chi connectivity index (χ1n) is 6.29. The van der Waals surface area contributed by atoms with E-state index in [4.69, 9.17) is 5.73 Å². The molecule has 3 N–H and O–H groups in total. The summed E-state index contributed by atoms with van der Waals surface area (Å²) in [6.45, 7) is 2.59. The second-order valence-electron chi connectivity index (χ2n) is 4.37. The van der Waals surface area contributed by atoms with Gasteiger partial charge in [-0.1, -0.05) is 25.5 Å². The zero-order chi connectivity index (χ0) is 14.3. The molecule has 19 heavy (non-hydrogen) atoms. The van der Waals surface area contributed by atoms with Crippen LogP contribution in [-0.2, 0) is 11.3 Å². The summed E-state index contributed by atoms with van der Waals surface area (Å²) in [5, 5.41) is 13.4. The number of hydrogen-bond donors (Lipinski definition) is 2. The lowest BCUT2D eigenvalue weighted by Crippen LogP contribution is -2.34. The molecule has 0 radical (unpaired) electrons. The van der Waals surface area contributed by atoms with E-state index in [1.807, 2.05) is 6.92 Å². The monoisotopic (exact) mass is 265 g/mol. The highest BCUT2D eigenvalue weighted by Crippen LogP contribution is 2.13. The number of non-ortho nitro benzene ring substituents is 1. The maximum absolute atomic E-state index is 11.8. The molecular weight excluding hydrogens is 246 g/mol. The van der Waals surface area contributed by atoms with E-state index < -0.39 is 4.92 Å². The van der Waals surface area contributed by atoms with E-state index >= 15 is 0 Å². The molecule has 0 spiro atoms. The zero-order valence-electron chi connectivity index (χ0n) is 11.0. The van der Waals surface area contributed by atoms with Gasteiger partial charge in [0.25, 0.3) is 5.69 Å². The van der Waals surface area contributed by atoms with Crippen LogP contribution in [0.3, 0.4) is 0 Å². The summed E-state index contributed by atoms with van der Waals surface area (Å²) in [7, 11) is 0. The molecule has 0 aliphatic heterocycles. The van der Waals surface area contributed by atoms with Crippen molar-refractivity contribution in [2.75, 3.05) is 6.54 Å². The highest BCUT2D eigenvalue weighted by molar-refractivity contribution is 5.78. The predicted octanol–water partition coefficient (Wildman–Crippen LogP) is 1.59. The van der Waals surface area contributed by atoms with Crippen LogP contribution in [-0.4, -0.2) is 17.4 Å². The molecule has 0 aliphatic rings. The van der Waals surface area contributed by atoms with E-state index in [0.717, 1.165) is 12.8 Å². The van der Waals surface area contributed by atoms with Crippen molar-refractivity contribution in [3.63, 3.8) is 0 Å². The van der Waals surface area contributed by atoms with Crippen LogP contribution in [0, 0.1) is 16.0 Å². The van der Waals surface area contributed by atoms with E-state index in [1.54, 1.807) is 12.1 Å². The summed E-state index contributed by atoms with van der Waals surface area (Å²) in [4.78, 5) is 22.0. The molecular formula is C13H19N3O3. The van der Waals surface area contributed by atoms with Gasteiger partial charge in [-0.15, -0.1) is 0 Å². The molecule has 0 aliphatic carbocycles. The van der Waals surface area contributed by atoms with Crippen LogP contribution < -0.4 is 11.1 Å². The standard InChI is InChI=1S/C13H19N3O3/c1-2-4-11(8-14)13(17)15-9-10-5-3-6-12(7-10)16(18)19/h3,5-7,11H,2,4,8-9,14H2,1H3,(H,15,17). The summed E-state index contributed by atoms with van der Waals surface area (Å²) in [6.07, 6.45) is 1.64. The lowest BCUT2D eigenvalue weighted by molar-refractivity contribution is -0.384. The smallest absolute Gasteiger partial charge is 0.269 e. The molecule has 1 aromatic carbocycles. The van der Waals surface area contributed by atoms with Gasteiger partial charge >= 0.3 is 0 Å². The first kappa shape index (κ1) is 15.1. The fourth-order valence-corrected chi connectivity index (χ4v) is 1.82. The number of nitro groups is 1. The summed E-state index contributed by atoms with van der Waals surface area (Å²) in [6, 6.07) is 6.22. The summed E-state index contributed by atoms with van der Waals surface area (Å²) >= 11 is 0. The molecule has 6 heteroatoms. The van der Waals surface area contributed by atoms with Gasteiger partial charge in [-0.3, -0.25) is 14.9 Å². The van der Waals surface area contributed by atoms with Crippen molar-refractivity contribution in [1.82, 2.24) is 5.32 Å². The lowest BCUT2D eigenvalue weighted by Gasteiger charge is -2.13. The minimum Gasteiger partial charge on any atom is -0.352 e. The van der Waals surface area contributed by atoms with Crippen LogP contribution in [0.15, 0.2) is 24.3 Å². The van der Waals surface area contributed by atoms with E-state index in [2.05, 4.69) is 5.32 Å². The van der Waals surface area contributed by atoms with Crippen molar-refractivity contribution >= 4 is 11.6 Å². The largest absolute Gasteiger partial charge is 0.352 e. The van der Waals surface area contributed by atoms with Crippen LogP contribution >= 0.6 is 0 Å². The van der Waals surface area contributed by atoms with Crippen LogP contribution in [0.1, 0.15) is 25.3 Å². The molecule has 0 saturated heterocycles. The molecule has 1 amide bonds. The van der Waals surface area contributed by atoms with Crippen molar-refractivity contribution in [3.05, 3.63) is 39.9 Å². The summed E-state index contributed by atoms with van der Waals surface area (Å²) < 4.78 is 0. The van der Waals surface area contributed by atoms with Gasteiger partial charge in [-0.25, -0.2) is 0 Å². The number of carbonyl (C=O) groups excluding carboxylic acids is 1. The third kappa shape index (κ3) is 4.67. The van der Waals surface area contributed by atoms with Crippen LogP contribution in [0.4, 0.5) is 5.69 Å². The minimum absolute atomic E-state index is 0.0238. The molecule has 0 fully saturated rings. The third-order valence-corrected chi connectivity index (χ3v) is 2.88. The first-order chi connectivity index (χ1) is 9.08. The Morgan fingerprint density at radius 3 is 2.84 bits per heavy atom. The maximum Gasteiger partial charge on any atom is 0.269 e. The number of carbonyl (C=O) groups is 1. The number of benzene rings is 1.